The number of hydrogen-bond acceptors (Lipinski definition) is 4. The van der Waals surface area contributed by atoms with Gasteiger partial charge in [-0.05, 0) is 6.92 Å². The van der Waals surface area contributed by atoms with Crippen LogP contribution in [-0.4, -0.2) is 28.0 Å². The summed E-state index contributed by atoms with van der Waals surface area (Å²) >= 11 is 0. The van der Waals surface area contributed by atoms with Gasteiger partial charge in [0.25, 0.3) is 12.3 Å². The number of carbonyl (C=O) groups excluding carboxylic acids is 1. The Hall–Kier alpha value is -1.92. The van der Waals surface area contributed by atoms with Crippen molar-refractivity contribution in [3.63, 3.8) is 0 Å². The Morgan fingerprint density at radius 1 is 1.44 bits per heavy atom. The standard InChI is InChI=1S/C9H8F2N4O/c1-5-2-7(13-4-12-5)15-8(16)3-6(14-15)9(10)11/h2,4,9H,3H2,1H3. The van der Waals surface area contributed by atoms with Crippen LogP contribution < -0.4 is 5.01 Å². The zero-order valence-electron chi connectivity index (χ0n) is 8.39. The molecule has 1 aliphatic rings. The maximum absolute atomic E-state index is 12.3. The van der Waals surface area contributed by atoms with Gasteiger partial charge in [-0.1, -0.05) is 0 Å². The molecule has 0 unspecified atom stereocenters. The molecule has 0 atom stereocenters. The Morgan fingerprint density at radius 2 is 2.19 bits per heavy atom. The summed E-state index contributed by atoms with van der Waals surface area (Å²) in [5.41, 5.74) is 0.208. The highest BCUT2D eigenvalue weighted by molar-refractivity contribution is 6.13. The number of anilines is 1. The van der Waals surface area contributed by atoms with Crippen molar-refractivity contribution in [2.45, 2.75) is 19.8 Å². The topological polar surface area (TPSA) is 58.5 Å². The number of amides is 1. The van der Waals surface area contributed by atoms with Gasteiger partial charge in [0.05, 0.1) is 6.42 Å². The normalized spacial score (nSPS) is 15.9. The van der Waals surface area contributed by atoms with Crippen molar-refractivity contribution in [3.8, 4) is 0 Å². The lowest BCUT2D eigenvalue weighted by Gasteiger charge is -2.09. The molecule has 0 bridgehead atoms. The van der Waals surface area contributed by atoms with Crippen LogP contribution in [0.15, 0.2) is 17.5 Å². The van der Waals surface area contributed by atoms with E-state index < -0.39 is 18.0 Å². The predicted octanol–water partition coefficient (Wildman–Crippen LogP) is 1.14. The molecule has 1 aliphatic heterocycles. The Morgan fingerprint density at radius 3 is 2.75 bits per heavy atom. The van der Waals surface area contributed by atoms with Gasteiger partial charge in [0.1, 0.15) is 12.0 Å². The van der Waals surface area contributed by atoms with Gasteiger partial charge in [-0.15, -0.1) is 0 Å². The van der Waals surface area contributed by atoms with Crippen LogP contribution in [0, 0.1) is 6.92 Å². The number of hydrogen-bond donors (Lipinski definition) is 0. The molecule has 0 saturated carbocycles. The summed E-state index contributed by atoms with van der Waals surface area (Å²) in [5, 5.41) is 4.43. The third-order valence-corrected chi connectivity index (χ3v) is 2.06. The van der Waals surface area contributed by atoms with Gasteiger partial charge in [0.2, 0.25) is 0 Å². The number of halogens is 2. The van der Waals surface area contributed by atoms with Gasteiger partial charge >= 0.3 is 0 Å². The van der Waals surface area contributed by atoms with E-state index in [1.807, 2.05) is 0 Å². The minimum atomic E-state index is -2.71. The molecular formula is C9H8F2N4O. The van der Waals surface area contributed by atoms with E-state index in [0.717, 1.165) is 5.01 Å². The maximum Gasteiger partial charge on any atom is 0.278 e. The summed E-state index contributed by atoms with van der Waals surface area (Å²) in [6.07, 6.45) is -1.81. The maximum atomic E-state index is 12.3. The molecule has 0 N–H and O–H groups in total. The molecule has 2 heterocycles. The fourth-order valence-corrected chi connectivity index (χ4v) is 1.31. The Kier molecular flexibility index (Phi) is 2.59. The lowest BCUT2D eigenvalue weighted by molar-refractivity contribution is -0.117. The monoisotopic (exact) mass is 226 g/mol. The lowest BCUT2D eigenvalue weighted by atomic mass is 10.3. The van der Waals surface area contributed by atoms with Gasteiger partial charge in [-0.25, -0.2) is 18.7 Å². The predicted molar refractivity (Wildman–Crippen MR) is 52.3 cm³/mol. The van der Waals surface area contributed by atoms with Crippen LogP contribution in [0.2, 0.25) is 0 Å². The fourth-order valence-electron chi connectivity index (χ4n) is 1.31. The van der Waals surface area contributed by atoms with Gasteiger partial charge in [0, 0.05) is 11.8 Å². The van der Waals surface area contributed by atoms with Crippen LogP contribution in [0.3, 0.4) is 0 Å². The molecule has 16 heavy (non-hydrogen) atoms. The van der Waals surface area contributed by atoms with Gasteiger partial charge in [0.15, 0.2) is 5.82 Å². The quantitative estimate of drug-likeness (QED) is 0.759. The van der Waals surface area contributed by atoms with Crippen molar-refractivity contribution < 1.29 is 13.6 Å². The first-order valence-corrected chi connectivity index (χ1v) is 4.55. The molecular weight excluding hydrogens is 218 g/mol. The van der Waals surface area contributed by atoms with E-state index in [1.54, 1.807) is 6.92 Å². The zero-order valence-corrected chi connectivity index (χ0v) is 8.39. The molecule has 2 rings (SSSR count). The average Bonchev–Trinajstić information content (AvgIpc) is 2.60. The van der Waals surface area contributed by atoms with Crippen LogP contribution in [-0.2, 0) is 4.79 Å². The molecule has 5 nitrogen and oxygen atoms in total. The summed E-state index contributed by atoms with van der Waals surface area (Å²) in [6.45, 7) is 1.71. The number of aromatic nitrogens is 2. The van der Waals surface area contributed by atoms with Crippen molar-refractivity contribution in [2.75, 3.05) is 5.01 Å². The minimum absolute atomic E-state index is 0.216. The first-order chi connectivity index (χ1) is 7.58. The highest BCUT2D eigenvalue weighted by Gasteiger charge is 2.30. The van der Waals surface area contributed by atoms with Gasteiger partial charge in [-0.2, -0.15) is 10.1 Å². The van der Waals surface area contributed by atoms with E-state index in [9.17, 15) is 13.6 Å². The summed E-state index contributed by atoms with van der Waals surface area (Å²) < 4.78 is 24.7. The van der Waals surface area contributed by atoms with E-state index in [0.29, 0.717) is 5.69 Å². The first kappa shape index (κ1) is 10.6. The van der Waals surface area contributed by atoms with E-state index in [1.165, 1.54) is 12.4 Å². The van der Waals surface area contributed by atoms with Gasteiger partial charge < -0.3 is 0 Å². The zero-order chi connectivity index (χ0) is 11.7. The van der Waals surface area contributed by atoms with Crippen molar-refractivity contribution >= 4 is 17.4 Å². The molecule has 0 fully saturated rings. The molecule has 84 valence electrons. The van der Waals surface area contributed by atoms with Crippen LogP contribution in [0.4, 0.5) is 14.6 Å². The fraction of sp³-hybridized carbons (Fsp3) is 0.333. The Bertz CT molecular complexity index is 461. The van der Waals surface area contributed by atoms with E-state index in [4.69, 9.17) is 0 Å². The van der Waals surface area contributed by atoms with Crippen LogP contribution in [0.25, 0.3) is 0 Å². The molecule has 0 aromatic carbocycles. The molecule has 1 aromatic heterocycles. The minimum Gasteiger partial charge on any atom is -0.272 e. The first-order valence-electron chi connectivity index (χ1n) is 4.55. The molecule has 0 spiro atoms. The number of aryl methyl sites for hydroxylation is 1. The van der Waals surface area contributed by atoms with Crippen molar-refractivity contribution in [3.05, 3.63) is 18.1 Å². The third kappa shape index (κ3) is 1.88. The average molecular weight is 226 g/mol. The Balaban J connectivity index is 2.31. The van der Waals surface area contributed by atoms with Crippen LogP contribution in [0.1, 0.15) is 12.1 Å². The van der Waals surface area contributed by atoms with Crippen LogP contribution in [0.5, 0.6) is 0 Å². The molecule has 0 saturated heterocycles. The van der Waals surface area contributed by atoms with E-state index in [2.05, 4.69) is 15.1 Å². The SMILES string of the molecule is Cc1cc(N2N=C(C(F)F)CC2=O)ncn1. The smallest absolute Gasteiger partial charge is 0.272 e. The largest absolute Gasteiger partial charge is 0.278 e. The summed E-state index contributed by atoms with van der Waals surface area (Å²) in [5.74, 6) is -0.290. The summed E-state index contributed by atoms with van der Waals surface area (Å²) in [6, 6.07) is 1.51. The van der Waals surface area contributed by atoms with Crippen molar-refractivity contribution in [1.82, 2.24) is 9.97 Å². The number of alkyl halides is 2. The molecule has 1 amide bonds. The Labute approximate surface area is 89.8 Å². The number of nitrogens with zero attached hydrogens (tertiary/aromatic N) is 4. The highest BCUT2D eigenvalue weighted by atomic mass is 19.3. The summed E-state index contributed by atoms with van der Waals surface area (Å²) in [7, 11) is 0. The second-order valence-electron chi connectivity index (χ2n) is 3.29. The molecule has 0 radical (unpaired) electrons. The lowest BCUT2D eigenvalue weighted by Crippen LogP contribution is -2.20. The molecule has 7 heteroatoms. The number of carbonyl (C=O) groups is 1. The number of hydrazone groups is 1. The van der Waals surface area contributed by atoms with E-state index in [-0.39, 0.29) is 12.2 Å². The van der Waals surface area contributed by atoms with Gasteiger partial charge in [-0.3, -0.25) is 4.79 Å². The number of rotatable bonds is 2. The van der Waals surface area contributed by atoms with Crippen LogP contribution >= 0.6 is 0 Å². The third-order valence-electron chi connectivity index (χ3n) is 2.06. The molecule has 0 aliphatic carbocycles. The van der Waals surface area contributed by atoms with Crippen molar-refractivity contribution in [2.24, 2.45) is 5.10 Å². The summed E-state index contributed by atoms with van der Waals surface area (Å²) in [4.78, 5) is 19.1. The highest BCUT2D eigenvalue weighted by Crippen LogP contribution is 2.20. The van der Waals surface area contributed by atoms with Crippen molar-refractivity contribution in [1.29, 1.82) is 0 Å². The second-order valence-corrected chi connectivity index (χ2v) is 3.29. The molecule has 1 aromatic rings. The second kappa shape index (κ2) is 3.92. The van der Waals surface area contributed by atoms with E-state index >= 15 is 0 Å².